The standard InChI is InChI=1S/C25H23ClN2O3S/c1-30-20-9-3-17(4-10-20)23-15-24(18-5-11-21(31-2)12-6-18)28(27-23)25(29)16-32-22-13-7-19(26)8-14-22/h3-14,24H,15-16H2,1-2H3/t24-/m1/s1. The second-order valence-corrected chi connectivity index (χ2v) is 8.73. The minimum absolute atomic E-state index is 0.0470. The van der Waals surface area contributed by atoms with Gasteiger partial charge in [0.15, 0.2) is 0 Å². The molecule has 1 heterocycles. The number of methoxy groups -OCH3 is 2. The van der Waals surface area contributed by atoms with Gasteiger partial charge < -0.3 is 9.47 Å². The summed E-state index contributed by atoms with van der Waals surface area (Å²) >= 11 is 7.43. The van der Waals surface area contributed by atoms with Gasteiger partial charge in [-0.3, -0.25) is 4.79 Å². The topological polar surface area (TPSA) is 51.1 Å². The first-order valence-corrected chi connectivity index (χ1v) is 11.5. The lowest BCUT2D eigenvalue weighted by molar-refractivity contribution is -0.130. The van der Waals surface area contributed by atoms with Crippen molar-refractivity contribution < 1.29 is 14.3 Å². The lowest BCUT2D eigenvalue weighted by Crippen LogP contribution is -2.28. The van der Waals surface area contributed by atoms with Crippen molar-refractivity contribution in [2.45, 2.75) is 17.4 Å². The van der Waals surface area contributed by atoms with Crippen LogP contribution in [0.2, 0.25) is 5.02 Å². The fourth-order valence-electron chi connectivity index (χ4n) is 3.53. The lowest BCUT2D eigenvalue weighted by atomic mass is 9.98. The van der Waals surface area contributed by atoms with Crippen LogP contribution in [0.1, 0.15) is 23.6 Å². The Hall–Kier alpha value is -2.96. The molecule has 0 saturated carbocycles. The van der Waals surface area contributed by atoms with Gasteiger partial charge in [-0.1, -0.05) is 23.7 Å². The second kappa shape index (κ2) is 10.1. The minimum Gasteiger partial charge on any atom is -0.497 e. The van der Waals surface area contributed by atoms with Crippen LogP contribution in [-0.4, -0.2) is 36.6 Å². The first-order valence-electron chi connectivity index (χ1n) is 10.1. The summed E-state index contributed by atoms with van der Waals surface area (Å²) in [5.74, 6) is 1.80. The summed E-state index contributed by atoms with van der Waals surface area (Å²) in [6.07, 6.45) is 0.635. The van der Waals surface area contributed by atoms with Gasteiger partial charge in [0.2, 0.25) is 0 Å². The van der Waals surface area contributed by atoms with E-state index in [0.29, 0.717) is 11.4 Å². The first-order chi connectivity index (χ1) is 15.6. The van der Waals surface area contributed by atoms with E-state index in [2.05, 4.69) is 0 Å². The van der Waals surface area contributed by atoms with Gasteiger partial charge in [0.05, 0.1) is 31.7 Å². The normalized spacial score (nSPS) is 15.4. The molecule has 1 atom stereocenters. The number of hydrogen-bond acceptors (Lipinski definition) is 5. The molecule has 0 aromatic heterocycles. The summed E-state index contributed by atoms with van der Waals surface area (Å²) in [7, 11) is 3.28. The molecule has 1 aliphatic heterocycles. The Bertz CT molecular complexity index is 1100. The second-order valence-electron chi connectivity index (χ2n) is 7.25. The van der Waals surface area contributed by atoms with Crippen molar-refractivity contribution in [3.8, 4) is 11.5 Å². The van der Waals surface area contributed by atoms with E-state index in [4.69, 9.17) is 26.2 Å². The molecule has 0 unspecified atom stereocenters. The fourth-order valence-corrected chi connectivity index (χ4v) is 4.40. The Labute approximate surface area is 197 Å². The van der Waals surface area contributed by atoms with Gasteiger partial charge in [-0.05, 0) is 71.8 Å². The smallest absolute Gasteiger partial charge is 0.253 e. The number of thioether (sulfide) groups is 1. The van der Waals surface area contributed by atoms with Crippen molar-refractivity contribution in [3.63, 3.8) is 0 Å². The highest BCUT2D eigenvalue weighted by Crippen LogP contribution is 2.35. The van der Waals surface area contributed by atoms with Crippen LogP contribution in [0.15, 0.2) is 82.8 Å². The summed E-state index contributed by atoms with van der Waals surface area (Å²) < 4.78 is 10.5. The van der Waals surface area contributed by atoms with E-state index in [-0.39, 0.29) is 17.7 Å². The minimum atomic E-state index is -0.170. The van der Waals surface area contributed by atoms with Gasteiger partial charge in [0.1, 0.15) is 11.5 Å². The average Bonchev–Trinajstić information content (AvgIpc) is 3.29. The number of hydrazone groups is 1. The predicted octanol–water partition coefficient (Wildman–Crippen LogP) is 5.83. The molecule has 32 heavy (non-hydrogen) atoms. The number of rotatable bonds is 7. The molecule has 0 fully saturated rings. The quantitative estimate of drug-likeness (QED) is 0.411. The van der Waals surface area contributed by atoms with E-state index in [1.807, 2.05) is 72.8 Å². The van der Waals surface area contributed by atoms with E-state index in [0.717, 1.165) is 33.2 Å². The Kier molecular flexibility index (Phi) is 7.02. The van der Waals surface area contributed by atoms with Crippen LogP contribution in [0.3, 0.4) is 0 Å². The monoisotopic (exact) mass is 466 g/mol. The first kappa shape index (κ1) is 22.2. The number of ether oxygens (including phenoxy) is 2. The maximum atomic E-state index is 13.2. The highest BCUT2D eigenvalue weighted by Gasteiger charge is 2.33. The Morgan fingerprint density at radius 1 is 0.969 bits per heavy atom. The molecule has 1 amide bonds. The van der Waals surface area contributed by atoms with Crippen LogP contribution in [-0.2, 0) is 4.79 Å². The van der Waals surface area contributed by atoms with Crippen molar-refractivity contribution in [3.05, 3.63) is 88.9 Å². The summed E-state index contributed by atoms with van der Waals surface area (Å²) in [5.41, 5.74) is 2.87. The van der Waals surface area contributed by atoms with Gasteiger partial charge >= 0.3 is 0 Å². The molecule has 164 valence electrons. The third-order valence-electron chi connectivity index (χ3n) is 5.27. The molecule has 0 aliphatic carbocycles. The SMILES string of the molecule is COc1ccc(C2=NN(C(=O)CSc3ccc(Cl)cc3)[C@@H](c3ccc(OC)cc3)C2)cc1. The van der Waals surface area contributed by atoms with Crippen molar-refractivity contribution in [1.82, 2.24) is 5.01 Å². The molecule has 0 spiro atoms. The number of nitrogens with zero attached hydrogens (tertiary/aromatic N) is 2. The molecule has 0 bridgehead atoms. The molecule has 3 aromatic carbocycles. The largest absolute Gasteiger partial charge is 0.497 e. The van der Waals surface area contributed by atoms with Crippen LogP contribution in [0, 0.1) is 0 Å². The maximum absolute atomic E-state index is 13.2. The van der Waals surface area contributed by atoms with E-state index in [9.17, 15) is 4.79 Å². The van der Waals surface area contributed by atoms with Gasteiger partial charge in [-0.15, -0.1) is 11.8 Å². The van der Waals surface area contributed by atoms with E-state index >= 15 is 0 Å². The molecule has 5 nitrogen and oxygen atoms in total. The molecule has 4 rings (SSSR count). The Balaban J connectivity index is 1.57. The maximum Gasteiger partial charge on any atom is 0.253 e. The van der Waals surface area contributed by atoms with Crippen molar-refractivity contribution in [1.29, 1.82) is 0 Å². The van der Waals surface area contributed by atoms with Crippen molar-refractivity contribution >= 4 is 35.0 Å². The molecule has 7 heteroatoms. The molecule has 3 aromatic rings. The molecule has 0 radical (unpaired) electrons. The number of benzene rings is 3. The highest BCUT2D eigenvalue weighted by atomic mass is 35.5. The summed E-state index contributed by atoms with van der Waals surface area (Å²) in [5, 5.41) is 7.02. The number of carbonyl (C=O) groups excluding carboxylic acids is 1. The zero-order valence-corrected chi connectivity index (χ0v) is 19.4. The fraction of sp³-hybridized carbons (Fsp3) is 0.200. The predicted molar refractivity (Wildman–Crippen MR) is 129 cm³/mol. The van der Waals surface area contributed by atoms with Crippen molar-refractivity contribution in [2.24, 2.45) is 5.10 Å². The van der Waals surface area contributed by atoms with E-state index < -0.39 is 0 Å². The number of halogens is 1. The zero-order chi connectivity index (χ0) is 22.5. The summed E-state index contributed by atoms with van der Waals surface area (Å²) in [6.45, 7) is 0. The molecular formula is C25H23ClN2O3S. The van der Waals surface area contributed by atoms with Gasteiger partial charge in [0, 0.05) is 16.3 Å². The Morgan fingerprint density at radius 2 is 1.56 bits per heavy atom. The van der Waals surface area contributed by atoms with Crippen LogP contribution in [0.4, 0.5) is 0 Å². The van der Waals surface area contributed by atoms with Crippen LogP contribution in [0.25, 0.3) is 0 Å². The van der Waals surface area contributed by atoms with Crippen LogP contribution >= 0.6 is 23.4 Å². The molecular weight excluding hydrogens is 444 g/mol. The van der Waals surface area contributed by atoms with Gasteiger partial charge in [0.25, 0.3) is 5.91 Å². The van der Waals surface area contributed by atoms with Gasteiger partial charge in [-0.2, -0.15) is 5.10 Å². The molecule has 1 aliphatic rings. The van der Waals surface area contributed by atoms with E-state index in [1.165, 1.54) is 11.8 Å². The number of hydrogen-bond donors (Lipinski definition) is 0. The third-order valence-corrected chi connectivity index (χ3v) is 6.51. The summed E-state index contributed by atoms with van der Waals surface area (Å²) in [6, 6.07) is 22.9. The van der Waals surface area contributed by atoms with Crippen LogP contribution < -0.4 is 9.47 Å². The van der Waals surface area contributed by atoms with E-state index in [1.54, 1.807) is 19.2 Å². The molecule has 0 saturated heterocycles. The van der Waals surface area contributed by atoms with Crippen molar-refractivity contribution in [2.75, 3.05) is 20.0 Å². The van der Waals surface area contributed by atoms with Crippen LogP contribution in [0.5, 0.6) is 11.5 Å². The molecule has 0 N–H and O–H groups in total. The van der Waals surface area contributed by atoms with Gasteiger partial charge in [-0.25, -0.2) is 5.01 Å². The Morgan fingerprint density at radius 3 is 2.16 bits per heavy atom. The summed E-state index contributed by atoms with van der Waals surface area (Å²) in [4.78, 5) is 14.2. The number of carbonyl (C=O) groups is 1. The lowest BCUT2D eigenvalue weighted by Gasteiger charge is -2.22. The number of amides is 1. The zero-order valence-electron chi connectivity index (χ0n) is 17.8. The average molecular weight is 467 g/mol. The third kappa shape index (κ3) is 5.09. The highest BCUT2D eigenvalue weighted by molar-refractivity contribution is 8.00.